The Kier molecular flexibility index (Phi) is 5.89. The van der Waals surface area contributed by atoms with E-state index in [0.717, 1.165) is 4.90 Å². The van der Waals surface area contributed by atoms with Gasteiger partial charge in [0.15, 0.2) is 5.13 Å². The molecule has 0 bridgehead atoms. The van der Waals surface area contributed by atoms with Crippen molar-refractivity contribution in [2.45, 2.75) is 25.8 Å². The van der Waals surface area contributed by atoms with Gasteiger partial charge in [-0.25, -0.2) is 14.4 Å². The first kappa shape index (κ1) is 21.9. The summed E-state index contributed by atoms with van der Waals surface area (Å²) >= 11 is 1.25. The molecule has 3 amide bonds. The smallest absolute Gasteiger partial charge is 0.260 e. The van der Waals surface area contributed by atoms with Crippen LogP contribution >= 0.6 is 11.3 Å². The van der Waals surface area contributed by atoms with Gasteiger partial charge in [0.1, 0.15) is 5.82 Å². The quantitative estimate of drug-likeness (QED) is 0.375. The van der Waals surface area contributed by atoms with E-state index in [1.54, 1.807) is 47.8 Å². The molecular weight excluding hydrogens is 457 g/mol. The molecule has 5 rings (SSSR count). The molecule has 172 valence electrons. The van der Waals surface area contributed by atoms with Crippen molar-refractivity contribution in [1.82, 2.24) is 14.5 Å². The maximum atomic E-state index is 13.7. The molecule has 0 spiro atoms. The van der Waals surface area contributed by atoms with Crippen molar-refractivity contribution in [3.05, 3.63) is 72.6 Å². The van der Waals surface area contributed by atoms with Crippen molar-refractivity contribution in [2.75, 3.05) is 16.3 Å². The molecule has 8 nitrogen and oxygen atoms in total. The summed E-state index contributed by atoms with van der Waals surface area (Å²) in [5.74, 6) is -1.11. The third-order valence-corrected chi connectivity index (χ3v) is 6.64. The molecule has 1 saturated heterocycles. The normalized spacial score (nSPS) is 13.7. The molecule has 2 aromatic heterocycles. The van der Waals surface area contributed by atoms with Crippen molar-refractivity contribution >= 4 is 50.1 Å². The number of carbonyl (C=O) groups excluding carboxylic acids is 3. The molecule has 4 aromatic rings. The summed E-state index contributed by atoms with van der Waals surface area (Å²) in [5, 5.41) is 0.477. The molecule has 0 aliphatic carbocycles. The number of imidazole rings is 1. The minimum atomic E-state index is -0.359. The third kappa shape index (κ3) is 4.32. The number of rotatable bonds is 7. The van der Waals surface area contributed by atoms with Crippen LogP contribution < -0.4 is 9.80 Å². The van der Waals surface area contributed by atoms with E-state index < -0.39 is 0 Å². The van der Waals surface area contributed by atoms with Crippen molar-refractivity contribution in [3.63, 3.8) is 0 Å². The average Bonchev–Trinajstić information content (AvgIpc) is 3.57. The molecule has 0 radical (unpaired) electrons. The number of aromatic nitrogens is 3. The Balaban J connectivity index is 1.41. The number of amides is 3. The first-order valence-electron chi connectivity index (χ1n) is 10.8. The van der Waals surface area contributed by atoms with Gasteiger partial charge in [-0.3, -0.25) is 24.2 Å². The summed E-state index contributed by atoms with van der Waals surface area (Å²) in [7, 11) is 0. The molecule has 1 aliphatic heterocycles. The van der Waals surface area contributed by atoms with Crippen LogP contribution in [0.3, 0.4) is 0 Å². The standard InChI is InChI=1S/C24H20FN5O3S/c25-17-4-7-19-20(14-17)34-24(27-19)29(12-1-11-28-13-10-26-15-28)23(33)16-2-5-18(6-3-16)30-21(31)8-9-22(30)32/h2-7,10,13-15H,1,8-9,11-12H2. The van der Waals surface area contributed by atoms with E-state index in [4.69, 9.17) is 0 Å². The predicted molar refractivity (Wildman–Crippen MR) is 126 cm³/mol. The second-order valence-corrected chi connectivity index (χ2v) is 8.90. The molecule has 2 aromatic carbocycles. The highest BCUT2D eigenvalue weighted by molar-refractivity contribution is 7.22. The first-order valence-corrected chi connectivity index (χ1v) is 11.6. The fourth-order valence-corrected chi connectivity index (χ4v) is 4.90. The number of fused-ring (bicyclic) bond motifs is 1. The number of nitrogens with zero attached hydrogens (tertiary/aromatic N) is 5. The summed E-state index contributed by atoms with van der Waals surface area (Å²) < 4.78 is 16.3. The number of hydrogen-bond acceptors (Lipinski definition) is 6. The Morgan fingerprint density at radius 1 is 1.09 bits per heavy atom. The number of thiazole rings is 1. The SMILES string of the molecule is O=C(c1ccc(N2C(=O)CCC2=O)cc1)N(CCCn1ccnc1)c1nc2ccc(F)cc2s1. The van der Waals surface area contributed by atoms with Crippen LogP contribution in [-0.4, -0.2) is 38.8 Å². The van der Waals surface area contributed by atoms with Crippen LogP contribution in [-0.2, 0) is 16.1 Å². The lowest BCUT2D eigenvalue weighted by Crippen LogP contribution is -2.32. The Hall–Kier alpha value is -3.92. The number of anilines is 2. The van der Waals surface area contributed by atoms with Gasteiger partial charge in [-0.05, 0) is 48.9 Å². The van der Waals surface area contributed by atoms with Crippen LogP contribution in [0.25, 0.3) is 10.2 Å². The maximum absolute atomic E-state index is 13.7. The maximum Gasteiger partial charge on any atom is 0.260 e. The van der Waals surface area contributed by atoms with Crippen LogP contribution in [0.4, 0.5) is 15.2 Å². The highest BCUT2D eigenvalue weighted by atomic mass is 32.1. The summed E-state index contributed by atoms with van der Waals surface area (Å²) in [6.45, 7) is 1.06. The Morgan fingerprint density at radius 2 is 1.85 bits per heavy atom. The van der Waals surface area contributed by atoms with Gasteiger partial charge in [0, 0.05) is 43.9 Å². The van der Waals surface area contributed by atoms with Gasteiger partial charge in [-0.1, -0.05) is 11.3 Å². The largest absolute Gasteiger partial charge is 0.337 e. The minimum Gasteiger partial charge on any atom is -0.337 e. The molecule has 1 aliphatic rings. The molecule has 10 heteroatoms. The van der Waals surface area contributed by atoms with Crippen LogP contribution in [0.5, 0.6) is 0 Å². The van der Waals surface area contributed by atoms with Crippen molar-refractivity contribution < 1.29 is 18.8 Å². The zero-order valence-electron chi connectivity index (χ0n) is 18.1. The molecule has 0 unspecified atom stereocenters. The first-order chi connectivity index (χ1) is 16.5. The van der Waals surface area contributed by atoms with E-state index in [1.165, 1.54) is 23.5 Å². The highest BCUT2D eigenvalue weighted by Gasteiger charge is 2.30. The van der Waals surface area contributed by atoms with Crippen LogP contribution in [0.2, 0.25) is 0 Å². The number of carbonyl (C=O) groups is 3. The molecule has 0 atom stereocenters. The Morgan fingerprint density at radius 3 is 2.56 bits per heavy atom. The van der Waals surface area contributed by atoms with Gasteiger partial charge in [-0.2, -0.15) is 0 Å². The van der Waals surface area contributed by atoms with E-state index in [9.17, 15) is 18.8 Å². The number of aryl methyl sites for hydroxylation is 1. The Labute approximate surface area is 198 Å². The summed E-state index contributed by atoms with van der Waals surface area (Å²) in [5.41, 5.74) is 1.47. The van der Waals surface area contributed by atoms with Gasteiger partial charge < -0.3 is 4.57 Å². The number of benzene rings is 2. The lowest BCUT2D eigenvalue weighted by Gasteiger charge is -2.21. The van der Waals surface area contributed by atoms with Crippen LogP contribution in [0.15, 0.2) is 61.2 Å². The number of hydrogen-bond donors (Lipinski definition) is 0. The molecule has 1 fully saturated rings. The second kappa shape index (κ2) is 9.14. The summed E-state index contributed by atoms with van der Waals surface area (Å²) in [4.78, 5) is 48.8. The van der Waals surface area contributed by atoms with Crippen LogP contribution in [0.1, 0.15) is 29.6 Å². The number of imide groups is 1. The van der Waals surface area contributed by atoms with Crippen molar-refractivity contribution in [2.24, 2.45) is 0 Å². The van der Waals surface area contributed by atoms with Crippen molar-refractivity contribution in [1.29, 1.82) is 0 Å². The van der Waals surface area contributed by atoms with E-state index in [2.05, 4.69) is 9.97 Å². The Bertz CT molecular complexity index is 1350. The molecule has 0 saturated carbocycles. The molecular formula is C24H20FN5O3S. The topological polar surface area (TPSA) is 88.4 Å². The van der Waals surface area contributed by atoms with E-state index in [0.29, 0.717) is 46.1 Å². The zero-order chi connectivity index (χ0) is 23.7. The number of halogens is 1. The van der Waals surface area contributed by atoms with Gasteiger partial charge in [0.25, 0.3) is 5.91 Å². The fraction of sp³-hybridized carbons (Fsp3) is 0.208. The van der Waals surface area contributed by atoms with E-state index >= 15 is 0 Å². The fourth-order valence-electron chi connectivity index (χ4n) is 3.89. The van der Waals surface area contributed by atoms with Gasteiger partial charge in [-0.15, -0.1) is 0 Å². The predicted octanol–water partition coefficient (Wildman–Crippen LogP) is 4.02. The molecule has 0 N–H and O–H groups in total. The van der Waals surface area contributed by atoms with Gasteiger partial charge in [0.2, 0.25) is 11.8 Å². The highest BCUT2D eigenvalue weighted by Crippen LogP contribution is 2.31. The summed E-state index contributed by atoms with van der Waals surface area (Å²) in [6.07, 6.45) is 6.31. The van der Waals surface area contributed by atoms with Gasteiger partial charge >= 0.3 is 0 Å². The zero-order valence-corrected chi connectivity index (χ0v) is 18.9. The van der Waals surface area contributed by atoms with E-state index in [-0.39, 0.29) is 36.4 Å². The summed E-state index contributed by atoms with van der Waals surface area (Å²) in [6, 6.07) is 10.8. The molecule has 3 heterocycles. The van der Waals surface area contributed by atoms with Crippen molar-refractivity contribution in [3.8, 4) is 0 Å². The van der Waals surface area contributed by atoms with Gasteiger partial charge in [0.05, 0.1) is 22.2 Å². The monoisotopic (exact) mass is 477 g/mol. The lowest BCUT2D eigenvalue weighted by molar-refractivity contribution is -0.121. The molecule has 34 heavy (non-hydrogen) atoms. The lowest BCUT2D eigenvalue weighted by atomic mass is 10.1. The average molecular weight is 478 g/mol. The van der Waals surface area contributed by atoms with Crippen LogP contribution in [0, 0.1) is 5.82 Å². The third-order valence-electron chi connectivity index (χ3n) is 5.60. The van der Waals surface area contributed by atoms with E-state index in [1.807, 2.05) is 10.8 Å². The second-order valence-electron chi connectivity index (χ2n) is 7.89. The minimum absolute atomic E-state index is 0.197.